The average Bonchev–Trinajstić information content (AvgIpc) is 3.07. The number of halogens is 2. The minimum absolute atomic E-state index is 0.0260. The smallest absolute Gasteiger partial charge is 0.387 e. The Labute approximate surface area is 153 Å². The molecule has 0 aliphatic carbocycles. The third-order valence-electron chi connectivity index (χ3n) is 3.68. The van der Waals surface area contributed by atoms with E-state index in [1.54, 1.807) is 0 Å². The Kier molecular flexibility index (Phi) is 5.35. The van der Waals surface area contributed by atoms with Crippen LogP contribution in [0.4, 0.5) is 14.5 Å². The third-order valence-corrected chi connectivity index (χ3v) is 3.68. The highest BCUT2D eigenvalue weighted by molar-refractivity contribution is 6.08. The van der Waals surface area contributed by atoms with E-state index in [9.17, 15) is 18.4 Å². The summed E-state index contributed by atoms with van der Waals surface area (Å²) in [7, 11) is 0. The minimum Gasteiger partial charge on any atom is -0.454 e. The van der Waals surface area contributed by atoms with Crippen molar-refractivity contribution in [1.82, 2.24) is 0 Å². The van der Waals surface area contributed by atoms with Gasteiger partial charge in [0.2, 0.25) is 12.7 Å². The van der Waals surface area contributed by atoms with Crippen molar-refractivity contribution in [2.75, 3.05) is 12.1 Å². The largest absolute Gasteiger partial charge is 0.454 e. The lowest BCUT2D eigenvalue weighted by molar-refractivity contribution is -0.111. The van der Waals surface area contributed by atoms with Gasteiger partial charge in [-0.2, -0.15) is 8.78 Å². The van der Waals surface area contributed by atoms with Gasteiger partial charge in [-0.3, -0.25) is 9.59 Å². The van der Waals surface area contributed by atoms with Crippen molar-refractivity contribution >= 4 is 23.5 Å². The zero-order valence-electron chi connectivity index (χ0n) is 14.2. The predicted molar refractivity (Wildman–Crippen MR) is 93.3 cm³/mol. The molecule has 0 spiro atoms. The van der Waals surface area contributed by atoms with Crippen molar-refractivity contribution in [2.24, 2.45) is 0 Å². The second kappa shape index (κ2) is 7.86. The third kappa shape index (κ3) is 4.60. The zero-order valence-corrected chi connectivity index (χ0v) is 14.2. The topological polar surface area (TPSA) is 73.9 Å². The molecule has 0 radical (unpaired) electrons. The molecular formula is C19H15F2NO5. The van der Waals surface area contributed by atoms with Gasteiger partial charge in [0.1, 0.15) is 5.75 Å². The lowest BCUT2D eigenvalue weighted by Gasteiger charge is -2.09. The van der Waals surface area contributed by atoms with Gasteiger partial charge in [0.15, 0.2) is 17.3 Å². The molecule has 0 aromatic heterocycles. The molecule has 0 fully saturated rings. The summed E-state index contributed by atoms with van der Waals surface area (Å²) in [4.78, 5) is 24.0. The van der Waals surface area contributed by atoms with E-state index in [4.69, 9.17) is 9.47 Å². The Bertz CT molecular complexity index is 894. The molecule has 0 atom stereocenters. The van der Waals surface area contributed by atoms with Gasteiger partial charge in [-0.05, 0) is 36.8 Å². The number of Topliss-reactive ketones (excluding diaryl/α,β-unsaturated/α-hetero) is 1. The van der Waals surface area contributed by atoms with E-state index in [0.717, 1.165) is 0 Å². The predicted octanol–water partition coefficient (Wildman–Crippen LogP) is 3.87. The van der Waals surface area contributed by atoms with E-state index < -0.39 is 12.5 Å². The Hall–Kier alpha value is -3.42. The van der Waals surface area contributed by atoms with Crippen LogP contribution in [-0.2, 0) is 4.79 Å². The van der Waals surface area contributed by atoms with Gasteiger partial charge in [0, 0.05) is 17.7 Å². The molecule has 6 nitrogen and oxygen atoms in total. The first-order chi connectivity index (χ1) is 12.9. The summed E-state index contributed by atoms with van der Waals surface area (Å²) >= 11 is 0. The number of ether oxygens (including phenoxy) is 3. The molecule has 8 heteroatoms. The number of ketones is 1. The lowest BCUT2D eigenvalue weighted by Crippen LogP contribution is -2.11. The van der Waals surface area contributed by atoms with E-state index in [1.165, 1.54) is 55.5 Å². The number of amides is 1. The first kappa shape index (κ1) is 18.4. The summed E-state index contributed by atoms with van der Waals surface area (Å²) < 4.78 is 39.0. The Balaban J connectivity index is 1.70. The molecule has 1 heterocycles. The monoisotopic (exact) mass is 375 g/mol. The molecule has 27 heavy (non-hydrogen) atoms. The van der Waals surface area contributed by atoms with Crippen molar-refractivity contribution in [3.8, 4) is 17.2 Å². The van der Waals surface area contributed by atoms with Crippen LogP contribution in [0.5, 0.6) is 17.2 Å². The summed E-state index contributed by atoms with van der Waals surface area (Å²) in [6, 6.07) is 8.85. The minimum atomic E-state index is -2.89. The quantitative estimate of drug-likeness (QED) is 0.613. The number of carbonyl (C=O) groups is 2. The SMILES string of the molecule is CC(=O)c1cc2c(cc1NC(=O)/C=C/c1ccc(OC(F)F)cc1)OCO2. The second-order valence-electron chi connectivity index (χ2n) is 5.58. The van der Waals surface area contributed by atoms with Gasteiger partial charge >= 0.3 is 6.61 Å². The second-order valence-corrected chi connectivity index (χ2v) is 5.58. The first-order valence-corrected chi connectivity index (χ1v) is 7.91. The molecule has 2 aromatic carbocycles. The maximum Gasteiger partial charge on any atom is 0.387 e. The summed E-state index contributed by atoms with van der Waals surface area (Å²) in [6.07, 6.45) is 2.76. The standard InChI is InChI=1S/C19H15F2NO5/c1-11(23)14-8-16-17(26-10-25-16)9-15(14)22-18(24)7-4-12-2-5-13(6-3-12)27-19(20)21/h2-9,19H,10H2,1H3,(H,22,24)/b7-4+. The number of rotatable bonds is 6. The number of fused-ring (bicyclic) bond motifs is 1. The maximum atomic E-state index is 12.2. The fourth-order valence-electron chi connectivity index (χ4n) is 2.44. The van der Waals surface area contributed by atoms with E-state index in [1.807, 2.05) is 0 Å². The highest BCUT2D eigenvalue weighted by Gasteiger charge is 2.19. The van der Waals surface area contributed by atoms with Crippen LogP contribution in [0.25, 0.3) is 6.08 Å². The molecular weight excluding hydrogens is 360 g/mol. The van der Waals surface area contributed by atoms with Crippen molar-refractivity contribution in [2.45, 2.75) is 13.5 Å². The van der Waals surface area contributed by atoms with E-state index in [-0.39, 0.29) is 18.3 Å². The van der Waals surface area contributed by atoms with Gasteiger partial charge in [0.05, 0.1) is 5.69 Å². The summed E-state index contributed by atoms with van der Waals surface area (Å²) in [5.74, 6) is 0.207. The van der Waals surface area contributed by atoms with Gasteiger partial charge < -0.3 is 19.5 Å². The van der Waals surface area contributed by atoms with Gasteiger partial charge in [-0.15, -0.1) is 0 Å². The van der Waals surface area contributed by atoms with Crippen LogP contribution in [0, 0.1) is 0 Å². The van der Waals surface area contributed by atoms with Crippen LogP contribution in [0.3, 0.4) is 0 Å². The molecule has 1 aliphatic heterocycles. The van der Waals surface area contributed by atoms with Crippen molar-refractivity contribution in [3.63, 3.8) is 0 Å². The number of alkyl halides is 2. The molecule has 0 saturated carbocycles. The van der Waals surface area contributed by atoms with Crippen LogP contribution >= 0.6 is 0 Å². The Morgan fingerprint density at radius 3 is 2.44 bits per heavy atom. The van der Waals surface area contributed by atoms with Crippen molar-refractivity contribution < 1.29 is 32.6 Å². The average molecular weight is 375 g/mol. The first-order valence-electron chi connectivity index (χ1n) is 7.91. The molecule has 0 saturated heterocycles. The Morgan fingerprint density at radius 1 is 1.15 bits per heavy atom. The number of nitrogens with one attached hydrogen (secondary N) is 1. The number of hydrogen-bond donors (Lipinski definition) is 1. The summed E-state index contributed by atoms with van der Waals surface area (Å²) in [5.41, 5.74) is 1.22. The number of benzene rings is 2. The fourth-order valence-corrected chi connectivity index (χ4v) is 2.44. The molecule has 3 rings (SSSR count). The zero-order chi connectivity index (χ0) is 19.4. The van der Waals surface area contributed by atoms with Crippen molar-refractivity contribution in [3.05, 3.63) is 53.6 Å². The van der Waals surface area contributed by atoms with Crippen LogP contribution in [0.15, 0.2) is 42.5 Å². The number of hydrogen-bond acceptors (Lipinski definition) is 5. The van der Waals surface area contributed by atoms with Crippen LogP contribution < -0.4 is 19.5 Å². The highest BCUT2D eigenvalue weighted by atomic mass is 19.3. The highest BCUT2D eigenvalue weighted by Crippen LogP contribution is 2.37. The van der Waals surface area contributed by atoms with E-state index in [2.05, 4.69) is 10.1 Å². The normalized spacial score (nSPS) is 12.4. The van der Waals surface area contributed by atoms with Gasteiger partial charge in [-0.25, -0.2) is 0 Å². The molecule has 0 unspecified atom stereocenters. The van der Waals surface area contributed by atoms with Crippen LogP contribution in [-0.4, -0.2) is 25.1 Å². The van der Waals surface area contributed by atoms with E-state index >= 15 is 0 Å². The van der Waals surface area contributed by atoms with Crippen LogP contribution in [0.2, 0.25) is 0 Å². The lowest BCUT2D eigenvalue weighted by atomic mass is 10.1. The van der Waals surface area contributed by atoms with E-state index in [0.29, 0.717) is 28.3 Å². The van der Waals surface area contributed by atoms with Crippen LogP contribution in [0.1, 0.15) is 22.8 Å². The Morgan fingerprint density at radius 2 is 1.81 bits per heavy atom. The van der Waals surface area contributed by atoms with Gasteiger partial charge in [-0.1, -0.05) is 12.1 Å². The summed E-state index contributed by atoms with van der Waals surface area (Å²) in [6.45, 7) is -1.46. The number of carbonyl (C=O) groups excluding carboxylic acids is 2. The molecule has 2 aromatic rings. The molecule has 1 N–H and O–H groups in total. The maximum absolute atomic E-state index is 12.2. The number of anilines is 1. The molecule has 0 bridgehead atoms. The molecule has 1 amide bonds. The van der Waals surface area contributed by atoms with Gasteiger partial charge in [0.25, 0.3) is 0 Å². The van der Waals surface area contributed by atoms with Crippen molar-refractivity contribution in [1.29, 1.82) is 0 Å². The summed E-state index contributed by atoms with van der Waals surface area (Å²) in [5, 5.41) is 2.62. The molecule has 1 aliphatic rings. The molecule has 140 valence electrons. The fraction of sp³-hybridized carbons (Fsp3) is 0.158.